The second-order valence-electron chi connectivity index (χ2n) is 8.35. The van der Waals surface area contributed by atoms with E-state index in [0.717, 1.165) is 49.4 Å². The molecule has 3 heteroatoms. The van der Waals surface area contributed by atoms with E-state index in [9.17, 15) is 15.3 Å². The molecule has 0 amide bonds. The average molecular weight is 421 g/mol. The smallest absolute Gasteiger partial charge is 0.122 e. The quantitative estimate of drug-likeness (QED) is 0.307. The first-order valence-corrected chi connectivity index (χ1v) is 10.7. The lowest BCUT2D eigenvalue weighted by Gasteiger charge is -2.16. The van der Waals surface area contributed by atoms with Crippen molar-refractivity contribution < 1.29 is 15.3 Å². The summed E-state index contributed by atoms with van der Waals surface area (Å²) in [5.74, 6) is 0.644. The predicted octanol–water partition coefficient (Wildman–Crippen LogP) is 6.60. The highest BCUT2D eigenvalue weighted by Gasteiger charge is 2.16. The van der Waals surface area contributed by atoms with E-state index in [4.69, 9.17) is 0 Å². The molecule has 0 bridgehead atoms. The van der Waals surface area contributed by atoms with Gasteiger partial charge in [0, 0.05) is 24.0 Å². The Balaban J connectivity index is 1.60. The highest BCUT2D eigenvalue weighted by atomic mass is 16.3. The van der Waals surface area contributed by atoms with Crippen molar-refractivity contribution in [1.29, 1.82) is 0 Å². The largest absolute Gasteiger partial charge is 0.508 e. The summed E-state index contributed by atoms with van der Waals surface area (Å²) in [4.78, 5) is 0. The molecule has 5 aromatic rings. The molecule has 0 spiro atoms. The van der Waals surface area contributed by atoms with Gasteiger partial charge in [-0.05, 0) is 51.7 Å². The van der Waals surface area contributed by atoms with Crippen LogP contribution in [0, 0.1) is 6.92 Å². The van der Waals surface area contributed by atoms with Crippen LogP contribution in [0.1, 0.15) is 27.8 Å². The van der Waals surface area contributed by atoms with Crippen LogP contribution in [0.4, 0.5) is 0 Å². The van der Waals surface area contributed by atoms with E-state index in [-0.39, 0.29) is 17.2 Å². The molecule has 0 unspecified atom stereocenters. The standard InChI is InChI=1S/C29H24O3/c1-18-14-21(16-25-23-8-4-2-6-19(23)10-12-27(25)30)29(32)22(15-18)17-26-24-9-5-3-7-20(24)11-13-28(26)31/h2-15,30-32H,16-17H2,1H3. The van der Waals surface area contributed by atoms with E-state index < -0.39 is 0 Å². The molecule has 0 heterocycles. The van der Waals surface area contributed by atoms with Crippen molar-refractivity contribution in [1.82, 2.24) is 0 Å². The van der Waals surface area contributed by atoms with Gasteiger partial charge < -0.3 is 15.3 Å². The lowest BCUT2D eigenvalue weighted by Crippen LogP contribution is -1.98. The fraction of sp³-hybridized carbons (Fsp3) is 0.103. The third-order valence-electron chi connectivity index (χ3n) is 6.18. The molecule has 0 saturated carbocycles. The van der Waals surface area contributed by atoms with Crippen molar-refractivity contribution in [2.45, 2.75) is 19.8 Å². The highest BCUT2D eigenvalue weighted by molar-refractivity contribution is 5.89. The molecule has 0 aliphatic heterocycles. The van der Waals surface area contributed by atoms with Gasteiger partial charge >= 0.3 is 0 Å². The second-order valence-corrected chi connectivity index (χ2v) is 8.35. The molecule has 0 aromatic heterocycles. The van der Waals surface area contributed by atoms with Gasteiger partial charge in [0.1, 0.15) is 17.2 Å². The van der Waals surface area contributed by atoms with E-state index in [1.807, 2.05) is 79.7 Å². The molecule has 5 rings (SSSR count). The average Bonchev–Trinajstić information content (AvgIpc) is 2.80. The Morgan fingerprint density at radius 3 is 1.47 bits per heavy atom. The van der Waals surface area contributed by atoms with Gasteiger partial charge in [0.2, 0.25) is 0 Å². The van der Waals surface area contributed by atoms with Crippen LogP contribution in [-0.2, 0) is 12.8 Å². The number of rotatable bonds is 4. The Bertz CT molecular complexity index is 1360. The van der Waals surface area contributed by atoms with Gasteiger partial charge in [0.15, 0.2) is 0 Å². The van der Waals surface area contributed by atoms with Crippen molar-refractivity contribution in [3.63, 3.8) is 0 Å². The summed E-state index contributed by atoms with van der Waals surface area (Å²) in [7, 11) is 0. The number of aryl methyl sites for hydroxylation is 1. The van der Waals surface area contributed by atoms with Crippen LogP contribution >= 0.6 is 0 Å². The van der Waals surface area contributed by atoms with Crippen molar-refractivity contribution in [2.75, 3.05) is 0 Å². The Morgan fingerprint density at radius 1 is 0.562 bits per heavy atom. The van der Waals surface area contributed by atoms with E-state index in [2.05, 4.69) is 0 Å². The van der Waals surface area contributed by atoms with Crippen LogP contribution in [0.2, 0.25) is 0 Å². The number of phenolic OH excluding ortho intramolecular Hbond substituents is 3. The van der Waals surface area contributed by atoms with Crippen LogP contribution < -0.4 is 0 Å². The molecular weight excluding hydrogens is 396 g/mol. The number of hydrogen-bond acceptors (Lipinski definition) is 3. The van der Waals surface area contributed by atoms with Gasteiger partial charge in [-0.2, -0.15) is 0 Å². The molecule has 0 atom stereocenters. The Labute approximate surface area is 186 Å². The third kappa shape index (κ3) is 3.52. The van der Waals surface area contributed by atoms with E-state index in [1.165, 1.54) is 0 Å². The molecule has 3 nitrogen and oxygen atoms in total. The van der Waals surface area contributed by atoms with Crippen LogP contribution in [0.3, 0.4) is 0 Å². The molecule has 0 aliphatic rings. The zero-order chi connectivity index (χ0) is 22.2. The first-order chi connectivity index (χ1) is 15.5. The topological polar surface area (TPSA) is 60.7 Å². The van der Waals surface area contributed by atoms with Crippen LogP contribution in [-0.4, -0.2) is 15.3 Å². The molecule has 3 N–H and O–H groups in total. The summed E-state index contributed by atoms with van der Waals surface area (Å²) in [6, 6.07) is 27.0. The van der Waals surface area contributed by atoms with Gasteiger partial charge in [-0.3, -0.25) is 0 Å². The maximum Gasteiger partial charge on any atom is 0.122 e. The van der Waals surface area contributed by atoms with Crippen molar-refractivity contribution in [3.8, 4) is 17.2 Å². The van der Waals surface area contributed by atoms with E-state index >= 15 is 0 Å². The lowest BCUT2D eigenvalue weighted by atomic mass is 9.91. The number of aromatic hydroxyl groups is 3. The molecule has 158 valence electrons. The Morgan fingerprint density at radius 2 is 1.00 bits per heavy atom. The van der Waals surface area contributed by atoms with Gasteiger partial charge in [0.25, 0.3) is 0 Å². The summed E-state index contributed by atoms with van der Waals surface area (Å²) >= 11 is 0. The molecule has 0 saturated heterocycles. The maximum absolute atomic E-state index is 11.2. The van der Waals surface area contributed by atoms with Crippen LogP contribution in [0.5, 0.6) is 17.2 Å². The fourth-order valence-corrected chi connectivity index (χ4v) is 4.61. The molecule has 0 fully saturated rings. The zero-order valence-corrected chi connectivity index (χ0v) is 17.8. The van der Waals surface area contributed by atoms with Crippen molar-refractivity contribution >= 4 is 21.5 Å². The number of phenols is 3. The molecule has 32 heavy (non-hydrogen) atoms. The van der Waals surface area contributed by atoms with Gasteiger partial charge in [-0.25, -0.2) is 0 Å². The minimum Gasteiger partial charge on any atom is -0.508 e. The van der Waals surface area contributed by atoms with E-state index in [0.29, 0.717) is 12.8 Å². The fourth-order valence-electron chi connectivity index (χ4n) is 4.61. The summed E-state index contributed by atoms with van der Waals surface area (Å²) in [5.41, 5.74) is 4.12. The first kappa shape index (κ1) is 20.0. The van der Waals surface area contributed by atoms with Gasteiger partial charge in [-0.15, -0.1) is 0 Å². The normalized spacial score (nSPS) is 11.3. The van der Waals surface area contributed by atoms with Gasteiger partial charge in [-0.1, -0.05) is 78.4 Å². The Hall–Kier alpha value is -3.98. The maximum atomic E-state index is 11.2. The van der Waals surface area contributed by atoms with Crippen molar-refractivity contribution in [2.24, 2.45) is 0 Å². The monoisotopic (exact) mass is 420 g/mol. The summed E-state index contributed by atoms with van der Waals surface area (Å²) in [5, 5.41) is 36.4. The van der Waals surface area contributed by atoms with Crippen LogP contribution in [0.15, 0.2) is 84.9 Å². The summed E-state index contributed by atoms with van der Waals surface area (Å²) in [6.45, 7) is 2.00. The second kappa shape index (κ2) is 7.93. The predicted molar refractivity (Wildman–Crippen MR) is 130 cm³/mol. The number of hydrogen-bond donors (Lipinski definition) is 3. The number of fused-ring (bicyclic) bond motifs is 2. The summed E-state index contributed by atoms with van der Waals surface area (Å²) < 4.78 is 0. The Kier molecular flexibility index (Phi) is 4.95. The van der Waals surface area contributed by atoms with Gasteiger partial charge in [0.05, 0.1) is 0 Å². The molecule has 5 aromatic carbocycles. The third-order valence-corrected chi connectivity index (χ3v) is 6.18. The molecule has 0 radical (unpaired) electrons. The van der Waals surface area contributed by atoms with Crippen molar-refractivity contribution in [3.05, 3.63) is 113 Å². The van der Waals surface area contributed by atoms with E-state index in [1.54, 1.807) is 12.1 Å². The first-order valence-electron chi connectivity index (χ1n) is 10.7. The lowest BCUT2D eigenvalue weighted by molar-refractivity contribution is 0.457. The summed E-state index contributed by atoms with van der Waals surface area (Å²) in [6.07, 6.45) is 0.824. The zero-order valence-electron chi connectivity index (χ0n) is 17.8. The van der Waals surface area contributed by atoms with Crippen LogP contribution in [0.25, 0.3) is 21.5 Å². The minimum absolute atomic E-state index is 0.204. The molecule has 0 aliphatic carbocycles. The SMILES string of the molecule is Cc1cc(Cc2c(O)ccc3ccccc23)c(O)c(Cc2c(O)ccc3ccccc23)c1. The minimum atomic E-state index is 0.204. The number of benzene rings is 5. The molecular formula is C29H24O3. The highest BCUT2D eigenvalue weighted by Crippen LogP contribution is 2.36.